The lowest BCUT2D eigenvalue weighted by Crippen LogP contribution is -2.31. The van der Waals surface area contributed by atoms with Gasteiger partial charge in [0.1, 0.15) is 0 Å². The lowest BCUT2D eigenvalue weighted by molar-refractivity contribution is -0.141. The van der Waals surface area contributed by atoms with Crippen LogP contribution >= 0.6 is 0 Å². The Bertz CT molecular complexity index is 518. The summed E-state index contributed by atoms with van der Waals surface area (Å²) in [6, 6.07) is 6.81. The van der Waals surface area contributed by atoms with Crippen molar-refractivity contribution in [1.29, 1.82) is 0 Å². The van der Waals surface area contributed by atoms with Gasteiger partial charge < -0.3 is 4.74 Å². The highest BCUT2D eigenvalue weighted by Crippen LogP contribution is 2.23. The molecule has 5 nitrogen and oxygen atoms in total. The van der Waals surface area contributed by atoms with E-state index in [0.717, 1.165) is 0 Å². The number of amides is 2. The lowest BCUT2D eigenvalue weighted by atomic mass is 10.0. The summed E-state index contributed by atoms with van der Waals surface area (Å²) < 4.78 is 4.60. The van der Waals surface area contributed by atoms with E-state index < -0.39 is 0 Å². The van der Waals surface area contributed by atoms with Gasteiger partial charge in [-0.25, -0.2) is 0 Å². The van der Waals surface area contributed by atoms with Gasteiger partial charge in [-0.3, -0.25) is 19.3 Å². The topological polar surface area (TPSA) is 63.7 Å². The minimum absolute atomic E-state index is 0.0618. The number of hydrogen-bond acceptors (Lipinski definition) is 4. The van der Waals surface area contributed by atoms with Gasteiger partial charge in [-0.1, -0.05) is 19.1 Å². The second-order valence-corrected chi connectivity index (χ2v) is 4.98. The molecule has 0 N–H and O–H groups in total. The highest BCUT2D eigenvalue weighted by atomic mass is 16.5. The third-order valence-corrected chi connectivity index (χ3v) is 3.47. The molecule has 106 valence electrons. The SMILES string of the molecule is COC(=O)C[C@H](C)CCN1C(=O)c2ccccc2C1=O. The Morgan fingerprint density at radius 1 is 1.20 bits per heavy atom. The van der Waals surface area contributed by atoms with E-state index in [0.29, 0.717) is 30.5 Å². The fourth-order valence-electron chi connectivity index (χ4n) is 2.26. The molecule has 1 aromatic rings. The zero-order valence-corrected chi connectivity index (χ0v) is 11.6. The van der Waals surface area contributed by atoms with Crippen LogP contribution in [-0.4, -0.2) is 36.3 Å². The number of esters is 1. The summed E-state index contributed by atoms with van der Waals surface area (Å²) in [6.45, 7) is 2.22. The van der Waals surface area contributed by atoms with Crippen molar-refractivity contribution in [3.8, 4) is 0 Å². The maximum absolute atomic E-state index is 12.1. The number of ether oxygens (including phenoxy) is 1. The van der Waals surface area contributed by atoms with Crippen LogP contribution in [0.25, 0.3) is 0 Å². The molecular weight excluding hydrogens is 258 g/mol. The molecule has 2 amide bonds. The molecule has 0 fully saturated rings. The maximum atomic E-state index is 12.1. The van der Waals surface area contributed by atoms with E-state index in [4.69, 9.17) is 0 Å². The van der Waals surface area contributed by atoms with Crippen molar-refractivity contribution in [2.45, 2.75) is 19.8 Å². The van der Waals surface area contributed by atoms with Gasteiger partial charge in [0.15, 0.2) is 0 Å². The van der Waals surface area contributed by atoms with E-state index in [1.807, 2.05) is 6.92 Å². The number of imide groups is 1. The van der Waals surface area contributed by atoms with Gasteiger partial charge in [0.2, 0.25) is 0 Å². The third-order valence-electron chi connectivity index (χ3n) is 3.47. The Balaban J connectivity index is 1.97. The highest BCUT2D eigenvalue weighted by Gasteiger charge is 2.34. The first-order valence-electron chi connectivity index (χ1n) is 6.56. The molecule has 0 bridgehead atoms. The maximum Gasteiger partial charge on any atom is 0.305 e. The Labute approximate surface area is 117 Å². The standard InChI is InChI=1S/C15H17NO4/c1-10(9-13(17)20-2)7-8-16-14(18)11-5-3-4-6-12(11)15(16)19/h3-6,10H,7-9H2,1-2H3/t10-/m1/s1. The summed E-state index contributed by atoms with van der Waals surface area (Å²) in [6.07, 6.45) is 0.875. The normalized spacial score (nSPS) is 15.2. The van der Waals surface area contributed by atoms with Gasteiger partial charge >= 0.3 is 5.97 Å². The molecule has 0 radical (unpaired) electrons. The Morgan fingerprint density at radius 3 is 2.25 bits per heavy atom. The highest BCUT2D eigenvalue weighted by molar-refractivity contribution is 6.21. The summed E-state index contributed by atoms with van der Waals surface area (Å²) >= 11 is 0. The predicted molar refractivity (Wildman–Crippen MR) is 72.2 cm³/mol. The molecule has 0 unspecified atom stereocenters. The number of rotatable bonds is 5. The van der Waals surface area contributed by atoms with Crippen LogP contribution in [0, 0.1) is 5.92 Å². The van der Waals surface area contributed by atoms with Crippen molar-refractivity contribution in [1.82, 2.24) is 4.90 Å². The van der Waals surface area contributed by atoms with Crippen LogP contribution in [0.15, 0.2) is 24.3 Å². The van der Waals surface area contributed by atoms with Gasteiger partial charge in [-0.15, -0.1) is 0 Å². The van der Waals surface area contributed by atoms with E-state index in [1.54, 1.807) is 24.3 Å². The lowest BCUT2D eigenvalue weighted by Gasteiger charge is -2.16. The van der Waals surface area contributed by atoms with Crippen molar-refractivity contribution in [2.24, 2.45) is 5.92 Å². The van der Waals surface area contributed by atoms with Gasteiger partial charge in [-0.05, 0) is 24.5 Å². The Kier molecular flexibility index (Phi) is 4.17. The average molecular weight is 275 g/mol. The molecule has 0 saturated heterocycles. The molecule has 0 saturated carbocycles. The molecule has 1 atom stereocenters. The van der Waals surface area contributed by atoms with Crippen LogP contribution in [0.3, 0.4) is 0 Å². The molecular formula is C15H17NO4. The van der Waals surface area contributed by atoms with E-state index in [9.17, 15) is 14.4 Å². The molecule has 20 heavy (non-hydrogen) atoms. The number of fused-ring (bicyclic) bond motifs is 1. The van der Waals surface area contributed by atoms with Crippen molar-refractivity contribution >= 4 is 17.8 Å². The fourth-order valence-corrected chi connectivity index (χ4v) is 2.26. The first kappa shape index (κ1) is 14.2. The molecule has 1 aliphatic heterocycles. The molecule has 1 heterocycles. The van der Waals surface area contributed by atoms with Gasteiger partial charge in [0.25, 0.3) is 11.8 Å². The molecule has 0 spiro atoms. The molecule has 1 aliphatic rings. The van der Waals surface area contributed by atoms with Gasteiger partial charge in [-0.2, -0.15) is 0 Å². The van der Waals surface area contributed by atoms with Crippen molar-refractivity contribution in [3.05, 3.63) is 35.4 Å². The molecule has 5 heteroatoms. The quantitative estimate of drug-likeness (QED) is 0.608. The van der Waals surface area contributed by atoms with Gasteiger partial charge in [0, 0.05) is 13.0 Å². The van der Waals surface area contributed by atoms with Crippen LogP contribution in [0.5, 0.6) is 0 Å². The smallest absolute Gasteiger partial charge is 0.305 e. The Hall–Kier alpha value is -2.17. The molecule has 0 aliphatic carbocycles. The van der Waals surface area contributed by atoms with Crippen LogP contribution in [0.1, 0.15) is 40.5 Å². The summed E-state index contributed by atoms with van der Waals surface area (Å²) in [7, 11) is 1.35. The number of benzene rings is 1. The fraction of sp³-hybridized carbons (Fsp3) is 0.400. The predicted octanol–water partition coefficient (Wildman–Crippen LogP) is 1.87. The molecule has 1 aromatic carbocycles. The van der Waals surface area contributed by atoms with Crippen LogP contribution < -0.4 is 0 Å². The first-order chi connectivity index (χ1) is 9.54. The summed E-state index contributed by atoms with van der Waals surface area (Å²) in [4.78, 5) is 36.6. The zero-order valence-electron chi connectivity index (χ0n) is 11.6. The molecule has 2 rings (SSSR count). The third kappa shape index (κ3) is 2.71. The van der Waals surface area contributed by atoms with E-state index in [1.165, 1.54) is 12.0 Å². The minimum atomic E-state index is -0.278. The van der Waals surface area contributed by atoms with Gasteiger partial charge in [0.05, 0.1) is 18.2 Å². The van der Waals surface area contributed by atoms with Crippen LogP contribution in [0.4, 0.5) is 0 Å². The van der Waals surface area contributed by atoms with Crippen molar-refractivity contribution in [2.75, 3.05) is 13.7 Å². The number of hydrogen-bond donors (Lipinski definition) is 0. The van der Waals surface area contributed by atoms with E-state index in [-0.39, 0.29) is 23.7 Å². The van der Waals surface area contributed by atoms with Crippen LogP contribution in [-0.2, 0) is 9.53 Å². The number of carbonyl (C=O) groups excluding carboxylic acids is 3. The Morgan fingerprint density at radius 2 is 1.75 bits per heavy atom. The van der Waals surface area contributed by atoms with E-state index >= 15 is 0 Å². The zero-order chi connectivity index (χ0) is 14.7. The number of methoxy groups -OCH3 is 1. The minimum Gasteiger partial charge on any atom is -0.469 e. The number of nitrogens with zero attached hydrogens (tertiary/aromatic N) is 1. The first-order valence-corrected chi connectivity index (χ1v) is 6.56. The monoisotopic (exact) mass is 275 g/mol. The summed E-state index contributed by atoms with van der Waals surface area (Å²) in [5, 5.41) is 0. The van der Waals surface area contributed by atoms with Crippen molar-refractivity contribution in [3.63, 3.8) is 0 Å². The second-order valence-electron chi connectivity index (χ2n) is 4.98. The summed E-state index contributed by atoms with van der Waals surface area (Å²) in [5.41, 5.74) is 0.913. The summed E-state index contributed by atoms with van der Waals surface area (Å²) in [5.74, 6) is -0.724. The largest absolute Gasteiger partial charge is 0.469 e. The number of carbonyl (C=O) groups is 3. The van der Waals surface area contributed by atoms with Crippen molar-refractivity contribution < 1.29 is 19.1 Å². The average Bonchev–Trinajstić information content (AvgIpc) is 2.69. The molecule has 0 aromatic heterocycles. The second kappa shape index (κ2) is 5.86. The van der Waals surface area contributed by atoms with Crippen LogP contribution in [0.2, 0.25) is 0 Å². The van der Waals surface area contributed by atoms with E-state index in [2.05, 4.69) is 4.74 Å².